The Labute approximate surface area is 106 Å². The summed E-state index contributed by atoms with van der Waals surface area (Å²) in [7, 11) is 0. The second-order valence-electron chi connectivity index (χ2n) is 5.02. The monoisotopic (exact) mass is 250 g/mol. The number of benzene rings is 1. The van der Waals surface area contributed by atoms with Crippen LogP contribution in [-0.4, -0.2) is 0 Å². The maximum absolute atomic E-state index is 13.1. The molecule has 3 N–H and O–H groups in total. The minimum absolute atomic E-state index is 0.0251. The fourth-order valence-electron chi connectivity index (χ4n) is 2.01. The molecule has 0 fully saturated rings. The molecule has 0 saturated heterocycles. The molecule has 2 rings (SSSR count). The van der Waals surface area contributed by atoms with E-state index in [4.69, 9.17) is 10.3 Å². The maximum atomic E-state index is 13.1. The standard InChI is InChI=1S/C14H19FN2O/c1-9(2)3-5-12(17-16)14-8-10-7-11(15)4-6-13(10)18-14/h4,6-9,12,17H,3,5,16H2,1-2H3. The third-order valence-corrected chi connectivity index (χ3v) is 3.07. The number of hydrogen-bond donors (Lipinski definition) is 2. The zero-order chi connectivity index (χ0) is 13.1. The van der Waals surface area contributed by atoms with Gasteiger partial charge >= 0.3 is 0 Å². The molecule has 4 heteroatoms. The average molecular weight is 250 g/mol. The molecular weight excluding hydrogens is 231 g/mol. The first kappa shape index (κ1) is 13.1. The summed E-state index contributed by atoms with van der Waals surface area (Å²) in [5.41, 5.74) is 3.45. The number of rotatable bonds is 5. The second kappa shape index (κ2) is 5.50. The molecular formula is C14H19FN2O. The van der Waals surface area contributed by atoms with Crippen LogP contribution in [0.5, 0.6) is 0 Å². The van der Waals surface area contributed by atoms with E-state index in [0.29, 0.717) is 11.5 Å². The molecule has 0 saturated carbocycles. The molecule has 2 aromatic rings. The lowest BCUT2D eigenvalue weighted by Crippen LogP contribution is -2.27. The molecule has 0 bridgehead atoms. The van der Waals surface area contributed by atoms with E-state index in [9.17, 15) is 4.39 Å². The summed E-state index contributed by atoms with van der Waals surface area (Å²) in [6.45, 7) is 4.34. The second-order valence-corrected chi connectivity index (χ2v) is 5.02. The lowest BCUT2D eigenvalue weighted by molar-refractivity contribution is 0.387. The van der Waals surface area contributed by atoms with Crippen molar-refractivity contribution in [3.63, 3.8) is 0 Å². The van der Waals surface area contributed by atoms with Crippen LogP contribution in [0, 0.1) is 11.7 Å². The first-order valence-corrected chi connectivity index (χ1v) is 6.25. The van der Waals surface area contributed by atoms with Crippen LogP contribution in [0.3, 0.4) is 0 Å². The zero-order valence-electron chi connectivity index (χ0n) is 10.7. The van der Waals surface area contributed by atoms with E-state index >= 15 is 0 Å². The highest BCUT2D eigenvalue weighted by Crippen LogP contribution is 2.27. The van der Waals surface area contributed by atoms with E-state index in [1.54, 1.807) is 6.07 Å². The van der Waals surface area contributed by atoms with Gasteiger partial charge in [-0.05, 0) is 43.0 Å². The molecule has 1 heterocycles. The molecule has 0 spiro atoms. The Bertz CT molecular complexity index is 521. The fourth-order valence-corrected chi connectivity index (χ4v) is 2.01. The summed E-state index contributed by atoms with van der Waals surface area (Å²) in [6, 6.07) is 6.34. The smallest absolute Gasteiger partial charge is 0.134 e. The first-order chi connectivity index (χ1) is 8.60. The Morgan fingerprint density at radius 3 is 2.72 bits per heavy atom. The van der Waals surface area contributed by atoms with Gasteiger partial charge in [-0.25, -0.2) is 9.82 Å². The van der Waals surface area contributed by atoms with E-state index in [0.717, 1.165) is 24.0 Å². The lowest BCUT2D eigenvalue weighted by atomic mass is 10.0. The Morgan fingerprint density at radius 2 is 2.06 bits per heavy atom. The normalized spacial score (nSPS) is 13.4. The van der Waals surface area contributed by atoms with Crippen LogP contribution in [0.1, 0.15) is 38.5 Å². The number of furan rings is 1. The maximum Gasteiger partial charge on any atom is 0.134 e. The number of fused-ring (bicyclic) bond motifs is 1. The Balaban J connectivity index is 2.22. The summed E-state index contributed by atoms with van der Waals surface area (Å²) in [4.78, 5) is 0. The predicted octanol–water partition coefficient (Wildman–Crippen LogP) is 3.51. The van der Waals surface area contributed by atoms with Crippen molar-refractivity contribution in [1.29, 1.82) is 0 Å². The fraction of sp³-hybridized carbons (Fsp3) is 0.429. The summed E-state index contributed by atoms with van der Waals surface area (Å²) < 4.78 is 18.8. The average Bonchev–Trinajstić information content (AvgIpc) is 2.72. The molecule has 18 heavy (non-hydrogen) atoms. The van der Waals surface area contributed by atoms with Gasteiger partial charge in [-0.2, -0.15) is 0 Å². The number of halogens is 1. The van der Waals surface area contributed by atoms with Gasteiger partial charge in [0.15, 0.2) is 0 Å². The van der Waals surface area contributed by atoms with Crippen LogP contribution >= 0.6 is 0 Å². The van der Waals surface area contributed by atoms with Crippen LogP contribution in [-0.2, 0) is 0 Å². The number of hydrazine groups is 1. The molecule has 0 radical (unpaired) electrons. The molecule has 98 valence electrons. The third kappa shape index (κ3) is 2.89. The summed E-state index contributed by atoms with van der Waals surface area (Å²) in [5, 5.41) is 0.773. The van der Waals surface area contributed by atoms with Crippen molar-refractivity contribution in [2.24, 2.45) is 11.8 Å². The number of nitrogens with one attached hydrogen (secondary N) is 1. The predicted molar refractivity (Wildman–Crippen MR) is 70.3 cm³/mol. The highest BCUT2D eigenvalue weighted by Gasteiger charge is 2.15. The van der Waals surface area contributed by atoms with Gasteiger partial charge in [0.1, 0.15) is 17.2 Å². The van der Waals surface area contributed by atoms with E-state index in [1.807, 2.05) is 6.07 Å². The summed E-state index contributed by atoms with van der Waals surface area (Å²) in [6.07, 6.45) is 1.96. The van der Waals surface area contributed by atoms with Crippen molar-refractivity contribution < 1.29 is 8.81 Å². The van der Waals surface area contributed by atoms with E-state index in [2.05, 4.69) is 19.3 Å². The van der Waals surface area contributed by atoms with Gasteiger partial charge in [-0.1, -0.05) is 13.8 Å². The first-order valence-electron chi connectivity index (χ1n) is 6.25. The molecule has 0 aliphatic rings. The molecule has 1 atom stereocenters. The van der Waals surface area contributed by atoms with Gasteiger partial charge in [0, 0.05) is 5.39 Å². The molecule has 1 aromatic heterocycles. The highest BCUT2D eigenvalue weighted by molar-refractivity contribution is 5.78. The third-order valence-electron chi connectivity index (χ3n) is 3.07. The Morgan fingerprint density at radius 1 is 1.28 bits per heavy atom. The summed E-state index contributed by atoms with van der Waals surface area (Å²) in [5.74, 6) is 6.68. The Hall–Kier alpha value is -1.39. The van der Waals surface area contributed by atoms with Crippen molar-refractivity contribution in [2.75, 3.05) is 0 Å². The largest absolute Gasteiger partial charge is 0.459 e. The van der Waals surface area contributed by atoms with Gasteiger partial charge in [-0.3, -0.25) is 5.84 Å². The number of nitrogens with two attached hydrogens (primary N) is 1. The van der Waals surface area contributed by atoms with Crippen molar-refractivity contribution in [2.45, 2.75) is 32.7 Å². The van der Waals surface area contributed by atoms with E-state index < -0.39 is 0 Å². The molecule has 1 aromatic carbocycles. The van der Waals surface area contributed by atoms with Crippen molar-refractivity contribution >= 4 is 11.0 Å². The molecule has 3 nitrogen and oxygen atoms in total. The molecule has 0 aliphatic carbocycles. The van der Waals surface area contributed by atoms with Gasteiger partial charge in [0.2, 0.25) is 0 Å². The number of hydrogen-bond acceptors (Lipinski definition) is 3. The molecule has 1 unspecified atom stereocenters. The molecule has 0 aliphatic heterocycles. The molecule has 0 amide bonds. The zero-order valence-corrected chi connectivity index (χ0v) is 10.7. The van der Waals surface area contributed by atoms with Gasteiger partial charge < -0.3 is 4.42 Å². The van der Waals surface area contributed by atoms with Crippen LogP contribution in [0.2, 0.25) is 0 Å². The quantitative estimate of drug-likeness (QED) is 0.630. The minimum Gasteiger partial charge on any atom is -0.459 e. The van der Waals surface area contributed by atoms with Gasteiger partial charge in [0.05, 0.1) is 6.04 Å². The highest BCUT2D eigenvalue weighted by atomic mass is 19.1. The minimum atomic E-state index is -0.255. The van der Waals surface area contributed by atoms with Crippen molar-refractivity contribution in [3.05, 3.63) is 35.8 Å². The summed E-state index contributed by atoms with van der Waals surface area (Å²) >= 11 is 0. The topological polar surface area (TPSA) is 51.2 Å². The van der Waals surface area contributed by atoms with E-state index in [-0.39, 0.29) is 11.9 Å². The van der Waals surface area contributed by atoms with Crippen molar-refractivity contribution in [1.82, 2.24) is 5.43 Å². The van der Waals surface area contributed by atoms with Crippen LogP contribution < -0.4 is 11.3 Å². The van der Waals surface area contributed by atoms with Crippen LogP contribution in [0.4, 0.5) is 4.39 Å². The van der Waals surface area contributed by atoms with Crippen molar-refractivity contribution in [3.8, 4) is 0 Å². The van der Waals surface area contributed by atoms with Gasteiger partial charge in [0.25, 0.3) is 0 Å². The SMILES string of the molecule is CC(C)CCC(NN)c1cc2cc(F)ccc2o1. The lowest BCUT2D eigenvalue weighted by Gasteiger charge is -2.14. The van der Waals surface area contributed by atoms with Gasteiger partial charge in [-0.15, -0.1) is 0 Å². The van der Waals surface area contributed by atoms with E-state index in [1.165, 1.54) is 12.1 Å². The van der Waals surface area contributed by atoms with Crippen LogP contribution in [0.25, 0.3) is 11.0 Å². The van der Waals surface area contributed by atoms with Crippen LogP contribution in [0.15, 0.2) is 28.7 Å². The Kier molecular flexibility index (Phi) is 3.99.